The normalized spacial score (nSPS) is 11.1. The van der Waals surface area contributed by atoms with Crippen molar-refractivity contribution in [1.82, 2.24) is 0 Å². The smallest absolute Gasteiger partial charge is 0.119 e. The monoisotopic (exact) mass is 239 g/mol. The summed E-state index contributed by atoms with van der Waals surface area (Å²) >= 11 is 0. The summed E-state index contributed by atoms with van der Waals surface area (Å²) < 4.78 is 5.59. The molecular formula is C16H17NO. The average molecular weight is 239 g/mol. The summed E-state index contributed by atoms with van der Waals surface area (Å²) in [4.78, 5) is 4.40. The lowest BCUT2D eigenvalue weighted by Crippen LogP contribution is -2.05. The average Bonchev–Trinajstić information content (AvgIpc) is 2.38. The predicted octanol–water partition coefficient (Wildman–Crippen LogP) is 4.22. The van der Waals surface area contributed by atoms with Gasteiger partial charge in [0.05, 0.1) is 11.8 Å². The first kappa shape index (κ1) is 12.4. The lowest BCUT2D eigenvalue weighted by Gasteiger charge is -2.09. The molecule has 92 valence electrons. The van der Waals surface area contributed by atoms with Crippen molar-refractivity contribution in [3.05, 3.63) is 60.2 Å². The molecule has 18 heavy (non-hydrogen) atoms. The van der Waals surface area contributed by atoms with Gasteiger partial charge >= 0.3 is 0 Å². The minimum absolute atomic E-state index is 0.203. The van der Waals surface area contributed by atoms with E-state index >= 15 is 0 Å². The molecule has 0 aliphatic carbocycles. The van der Waals surface area contributed by atoms with E-state index in [4.69, 9.17) is 4.74 Å². The summed E-state index contributed by atoms with van der Waals surface area (Å²) in [5, 5.41) is 0. The van der Waals surface area contributed by atoms with Crippen LogP contribution in [0.1, 0.15) is 19.4 Å². The Kier molecular flexibility index (Phi) is 4.13. The lowest BCUT2D eigenvalue weighted by atomic mass is 10.2. The van der Waals surface area contributed by atoms with Gasteiger partial charge in [0.15, 0.2) is 0 Å². The Morgan fingerprint density at radius 2 is 1.61 bits per heavy atom. The molecule has 0 atom stereocenters. The number of hydrogen-bond acceptors (Lipinski definition) is 2. The summed E-state index contributed by atoms with van der Waals surface area (Å²) in [6, 6.07) is 17.8. The van der Waals surface area contributed by atoms with Crippen LogP contribution < -0.4 is 4.74 Å². The van der Waals surface area contributed by atoms with E-state index in [1.165, 1.54) is 0 Å². The second-order valence-electron chi connectivity index (χ2n) is 4.33. The van der Waals surface area contributed by atoms with E-state index < -0.39 is 0 Å². The van der Waals surface area contributed by atoms with Crippen LogP contribution in [0, 0.1) is 0 Å². The molecule has 2 aromatic rings. The van der Waals surface area contributed by atoms with Gasteiger partial charge in [0.25, 0.3) is 0 Å². The molecule has 0 radical (unpaired) electrons. The first-order chi connectivity index (χ1) is 8.74. The molecule has 2 nitrogen and oxygen atoms in total. The van der Waals surface area contributed by atoms with Gasteiger partial charge in [0.2, 0.25) is 0 Å². The van der Waals surface area contributed by atoms with Crippen molar-refractivity contribution in [3.63, 3.8) is 0 Å². The Morgan fingerprint density at radius 3 is 2.22 bits per heavy atom. The molecule has 0 spiro atoms. The zero-order valence-corrected chi connectivity index (χ0v) is 10.7. The van der Waals surface area contributed by atoms with E-state index in [2.05, 4.69) is 4.99 Å². The van der Waals surface area contributed by atoms with Gasteiger partial charge in [0, 0.05) is 6.21 Å². The molecule has 0 bridgehead atoms. The Balaban J connectivity index is 2.04. The Hall–Kier alpha value is -2.09. The van der Waals surface area contributed by atoms with Crippen molar-refractivity contribution in [3.8, 4) is 5.75 Å². The van der Waals surface area contributed by atoms with Crippen LogP contribution >= 0.6 is 0 Å². The third-order valence-corrected chi connectivity index (χ3v) is 2.37. The first-order valence-electron chi connectivity index (χ1n) is 6.10. The van der Waals surface area contributed by atoms with Gasteiger partial charge in [-0.2, -0.15) is 0 Å². The van der Waals surface area contributed by atoms with Crippen molar-refractivity contribution < 1.29 is 4.74 Å². The quantitative estimate of drug-likeness (QED) is 0.732. The lowest BCUT2D eigenvalue weighted by molar-refractivity contribution is 0.242. The fourth-order valence-corrected chi connectivity index (χ4v) is 1.57. The van der Waals surface area contributed by atoms with Crippen molar-refractivity contribution in [1.29, 1.82) is 0 Å². The summed E-state index contributed by atoms with van der Waals surface area (Å²) in [7, 11) is 0. The van der Waals surface area contributed by atoms with E-state index in [-0.39, 0.29) is 6.10 Å². The second-order valence-corrected chi connectivity index (χ2v) is 4.33. The minimum Gasteiger partial charge on any atom is -0.491 e. The van der Waals surface area contributed by atoms with Crippen molar-refractivity contribution in [2.24, 2.45) is 4.99 Å². The number of nitrogens with zero attached hydrogens (tertiary/aromatic N) is 1. The molecular weight excluding hydrogens is 222 g/mol. The minimum atomic E-state index is 0.203. The van der Waals surface area contributed by atoms with E-state index in [1.54, 1.807) is 0 Å². The number of benzene rings is 2. The maximum absolute atomic E-state index is 5.59. The van der Waals surface area contributed by atoms with E-state index in [9.17, 15) is 0 Å². The number of para-hydroxylation sites is 1. The molecule has 0 N–H and O–H groups in total. The van der Waals surface area contributed by atoms with E-state index in [0.29, 0.717) is 0 Å². The number of aliphatic imine (C=N–C) groups is 1. The number of rotatable bonds is 4. The van der Waals surface area contributed by atoms with Crippen LogP contribution in [-0.2, 0) is 0 Å². The second kappa shape index (κ2) is 6.01. The third kappa shape index (κ3) is 3.74. The SMILES string of the molecule is CC(C)Oc1ccc(C=Nc2ccccc2)cc1. The highest BCUT2D eigenvalue weighted by Gasteiger charge is 1.96. The highest BCUT2D eigenvalue weighted by Crippen LogP contribution is 2.14. The van der Waals surface area contributed by atoms with Crippen LogP contribution in [0.15, 0.2) is 59.6 Å². The molecule has 0 saturated carbocycles. The van der Waals surface area contributed by atoms with Crippen molar-refractivity contribution in [2.75, 3.05) is 0 Å². The molecule has 2 aromatic carbocycles. The van der Waals surface area contributed by atoms with E-state index in [1.807, 2.05) is 74.7 Å². The van der Waals surface area contributed by atoms with Crippen LogP contribution in [0.3, 0.4) is 0 Å². The summed E-state index contributed by atoms with van der Waals surface area (Å²) in [6.07, 6.45) is 2.06. The molecule has 0 aromatic heterocycles. The first-order valence-corrected chi connectivity index (χ1v) is 6.10. The van der Waals surface area contributed by atoms with Crippen LogP contribution in [0.2, 0.25) is 0 Å². The fraction of sp³-hybridized carbons (Fsp3) is 0.188. The molecule has 0 fully saturated rings. The van der Waals surface area contributed by atoms with Crippen molar-refractivity contribution in [2.45, 2.75) is 20.0 Å². The molecule has 0 heterocycles. The number of ether oxygens (including phenoxy) is 1. The molecule has 2 rings (SSSR count). The molecule has 2 heteroatoms. The van der Waals surface area contributed by atoms with Crippen LogP contribution in [0.25, 0.3) is 0 Å². The largest absolute Gasteiger partial charge is 0.491 e. The Labute approximate surface area is 108 Å². The number of hydrogen-bond donors (Lipinski definition) is 0. The topological polar surface area (TPSA) is 21.6 Å². The van der Waals surface area contributed by atoms with Gasteiger partial charge in [0.1, 0.15) is 5.75 Å². The van der Waals surface area contributed by atoms with Gasteiger partial charge < -0.3 is 4.74 Å². The highest BCUT2D eigenvalue weighted by atomic mass is 16.5. The standard InChI is InChI=1S/C16H17NO/c1-13(2)18-16-10-8-14(9-11-16)12-17-15-6-4-3-5-7-15/h3-13H,1-2H3. The predicted molar refractivity (Wildman–Crippen MR) is 75.9 cm³/mol. The van der Waals surface area contributed by atoms with Gasteiger partial charge in [-0.15, -0.1) is 0 Å². The van der Waals surface area contributed by atoms with Gasteiger partial charge in [-0.3, -0.25) is 4.99 Å². The highest BCUT2D eigenvalue weighted by molar-refractivity contribution is 5.82. The summed E-state index contributed by atoms with van der Waals surface area (Å²) in [5.41, 5.74) is 2.02. The zero-order chi connectivity index (χ0) is 12.8. The van der Waals surface area contributed by atoms with Gasteiger partial charge in [-0.25, -0.2) is 0 Å². The third-order valence-electron chi connectivity index (χ3n) is 2.37. The van der Waals surface area contributed by atoms with E-state index in [0.717, 1.165) is 17.0 Å². The molecule has 0 saturated heterocycles. The Bertz CT molecular complexity index is 500. The maximum Gasteiger partial charge on any atom is 0.119 e. The molecule has 0 aliphatic heterocycles. The molecule has 0 unspecified atom stereocenters. The molecule has 0 amide bonds. The van der Waals surface area contributed by atoms with Gasteiger partial charge in [-0.05, 0) is 55.8 Å². The van der Waals surface area contributed by atoms with Gasteiger partial charge in [-0.1, -0.05) is 18.2 Å². The van der Waals surface area contributed by atoms with Crippen molar-refractivity contribution >= 4 is 11.9 Å². The van der Waals surface area contributed by atoms with Crippen LogP contribution in [0.4, 0.5) is 5.69 Å². The van der Waals surface area contributed by atoms with Crippen LogP contribution in [0.5, 0.6) is 5.75 Å². The fourth-order valence-electron chi connectivity index (χ4n) is 1.57. The zero-order valence-electron chi connectivity index (χ0n) is 10.7. The maximum atomic E-state index is 5.59. The Morgan fingerprint density at radius 1 is 0.944 bits per heavy atom. The summed E-state index contributed by atoms with van der Waals surface area (Å²) in [5.74, 6) is 0.891. The van der Waals surface area contributed by atoms with Crippen LogP contribution in [-0.4, -0.2) is 12.3 Å². The molecule has 0 aliphatic rings. The summed E-state index contributed by atoms with van der Waals surface area (Å²) in [6.45, 7) is 4.04.